The molecule has 2 amide bonds. The molecule has 0 saturated heterocycles. The number of rotatable bonds is 7. The zero-order valence-electron chi connectivity index (χ0n) is 14.7. The number of anilines is 1. The van der Waals surface area contributed by atoms with Crippen LogP contribution in [0.2, 0.25) is 0 Å². The summed E-state index contributed by atoms with van der Waals surface area (Å²) in [4.78, 5) is 17.5. The van der Waals surface area contributed by atoms with E-state index in [1.165, 1.54) is 12.1 Å². The second-order valence-corrected chi connectivity index (χ2v) is 7.71. The highest BCUT2D eigenvalue weighted by molar-refractivity contribution is 7.99. The highest BCUT2D eigenvalue weighted by atomic mass is 32.2. The largest absolute Gasteiger partial charge is 0.440 e. The zero-order chi connectivity index (χ0) is 18.6. The van der Waals surface area contributed by atoms with Crippen LogP contribution in [0.3, 0.4) is 0 Å². The predicted octanol–water partition coefficient (Wildman–Crippen LogP) is 5.15. The number of fused-ring (bicyclic) bond motifs is 1. The van der Waals surface area contributed by atoms with E-state index >= 15 is 0 Å². The van der Waals surface area contributed by atoms with Gasteiger partial charge in [-0.25, -0.2) is 14.2 Å². The second-order valence-electron chi connectivity index (χ2n) is 6.55. The summed E-state index contributed by atoms with van der Waals surface area (Å²) < 4.78 is 18.6. The molecule has 1 aliphatic carbocycles. The molecule has 0 spiro atoms. The van der Waals surface area contributed by atoms with Gasteiger partial charge in [-0.15, -0.1) is 11.8 Å². The Morgan fingerprint density at radius 2 is 2.04 bits per heavy atom. The Balaban J connectivity index is 1.21. The Morgan fingerprint density at radius 1 is 1.22 bits per heavy atom. The highest BCUT2D eigenvalue weighted by Crippen LogP contribution is 2.40. The number of urea groups is 1. The van der Waals surface area contributed by atoms with Gasteiger partial charge in [-0.3, -0.25) is 0 Å². The average molecular weight is 385 g/mol. The number of benzene rings is 2. The molecule has 0 aliphatic heterocycles. The van der Waals surface area contributed by atoms with E-state index in [1.807, 2.05) is 18.2 Å². The molecular weight excluding hydrogens is 365 g/mol. The molecule has 1 fully saturated rings. The van der Waals surface area contributed by atoms with Crippen molar-refractivity contribution in [1.82, 2.24) is 10.3 Å². The minimum atomic E-state index is -0.243. The molecule has 4 rings (SSSR count). The van der Waals surface area contributed by atoms with Crippen molar-refractivity contribution in [2.45, 2.75) is 30.1 Å². The molecule has 140 valence electrons. The summed E-state index contributed by atoms with van der Waals surface area (Å²) in [5.74, 6) is 1.88. The van der Waals surface area contributed by atoms with Crippen molar-refractivity contribution >= 4 is 34.6 Å². The van der Waals surface area contributed by atoms with E-state index in [0.29, 0.717) is 18.2 Å². The van der Waals surface area contributed by atoms with Crippen molar-refractivity contribution in [3.05, 3.63) is 54.2 Å². The first-order valence-electron chi connectivity index (χ1n) is 9.01. The summed E-state index contributed by atoms with van der Waals surface area (Å²) in [7, 11) is 0. The summed E-state index contributed by atoms with van der Waals surface area (Å²) in [6.45, 7) is 0.568. The lowest BCUT2D eigenvalue weighted by Crippen LogP contribution is -2.29. The van der Waals surface area contributed by atoms with E-state index < -0.39 is 0 Å². The molecule has 0 unspecified atom stereocenters. The van der Waals surface area contributed by atoms with Gasteiger partial charge < -0.3 is 15.1 Å². The number of hydrogen-bond donors (Lipinski definition) is 2. The fraction of sp³-hybridized carbons (Fsp3) is 0.300. The van der Waals surface area contributed by atoms with Gasteiger partial charge in [0.05, 0.1) is 0 Å². The number of nitrogens with one attached hydrogen (secondary N) is 2. The molecule has 0 atom stereocenters. The molecule has 7 heteroatoms. The van der Waals surface area contributed by atoms with E-state index in [4.69, 9.17) is 4.42 Å². The van der Waals surface area contributed by atoms with Crippen LogP contribution in [0.1, 0.15) is 31.1 Å². The average Bonchev–Trinajstić information content (AvgIpc) is 3.42. The molecule has 2 N–H and O–H groups in total. The summed E-state index contributed by atoms with van der Waals surface area (Å²) in [6.07, 6.45) is 3.10. The van der Waals surface area contributed by atoms with Gasteiger partial charge in [0.2, 0.25) is 0 Å². The third-order valence-corrected chi connectivity index (χ3v) is 5.38. The van der Waals surface area contributed by atoms with Crippen molar-refractivity contribution in [3.63, 3.8) is 0 Å². The minimum absolute atomic E-state index is 0.231. The Bertz CT molecular complexity index is 938. The van der Waals surface area contributed by atoms with Gasteiger partial charge in [-0.2, -0.15) is 0 Å². The van der Waals surface area contributed by atoms with Gasteiger partial charge in [0, 0.05) is 23.0 Å². The van der Waals surface area contributed by atoms with Crippen molar-refractivity contribution in [3.8, 4) is 0 Å². The van der Waals surface area contributed by atoms with Gasteiger partial charge in [0.25, 0.3) is 0 Å². The lowest BCUT2D eigenvalue weighted by atomic mass is 10.3. The second kappa shape index (κ2) is 8.00. The zero-order valence-corrected chi connectivity index (χ0v) is 15.5. The van der Waals surface area contributed by atoms with Crippen LogP contribution >= 0.6 is 11.8 Å². The monoisotopic (exact) mass is 385 g/mol. The minimum Gasteiger partial charge on any atom is -0.440 e. The molecule has 1 saturated carbocycles. The molecule has 3 aromatic rings. The lowest BCUT2D eigenvalue weighted by molar-refractivity contribution is 0.252. The summed E-state index contributed by atoms with van der Waals surface area (Å²) in [5, 5.41) is 5.66. The summed E-state index contributed by atoms with van der Waals surface area (Å²) >= 11 is 1.64. The topological polar surface area (TPSA) is 67.2 Å². The molecule has 0 bridgehead atoms. The molecule has 2 aromatic carbocycles. The maximum Gasteiger partial charge on any atom is 0.319 e. The maximum absolute atomic E-state index is 12.9. The molecule has 1 aromatic heterocycles. The number of halogens is 1. The Kier molecular flexibility index (Phi) is 5.29. The van der Waals surface area contributed by atoms with Crippen LogP contribution in [0, 0.1) is 5.82 Å². The number of nitrogens with zero attached hydrogens (tertiary/aromatic N) is 1. The number of carbonyl (C=O) groups excluding carboxylic acids is 1. The van der Waals surface area contributed by atoms with Crippen molar-refractivity contribution in [2.24, 2.45) is 0 Å². The summed E-state index contributed by atoms with van der Waals surface area (Å²) in [6, 6.07) is 11.7. The van der Waals surface area contributed by atoms with Crippen LogP contribution in [0.5, 0.6) is 0 Å². The lowest BCUT2D eigenvalue weighted by Gasteiger charge is -2.07. The first kappa shape index (κ1) is 17.9. The first-order valence-corrected chi connectivity index (χ1v) is 10.00. The quantitative estimate of drug-likeness (QED) is 0.436. The van der Waals surface area contributed by atoms with Gasteiger partial charge in [-0.05, 0) is 67.5 Å². The third kappa shape index (κ3) is 4.80. The van der Waals surface area contributed by atoms with E-state index in [1.54, 1.807) is 23.9 Å². The van der Waals surface area contributed by atoms with Crippen molar-refractivity contribution < 1.29 is 13.6 Å². The Morgan fingerprint density at radius 3 is 2.81 bits per heavy atom. The molecule has 0 radical (unpaired) electrons. The van der Waals surface area contributed by atoms with Crippen LogP contribution in [-0.4, -0.2) is 23.3 Å². The summed E-state index contributed by atoms with van der Waals surface area (Å²) in [5.41, 5.74) is 2.21. The fourth-order valence-electron chi connectivity index (χ4n) is 2.70. The molecule has 1 aliphatic rings. The smallest absolute Gasteiger partial charge is 0.319 e. The Labute approximate surface area is 160 Å². The number of thioether (sulfide) groups is 1. The normalized spacial score (nSPS) is 13.7. The van der Waals surface area contributed by atoms with Crippen LogP contribution in [-0.2, 0) is 0 Å². The maximum atomic E-state index is 12.9. The van der Waals surface area contributed by atoms with Gasteiger partial charge >= 0.3 is 6.03 Å². The SMILES string of the molecule is O=C(NCCCSc1ccc(F)cc1)Nc1ccc2oc(C3CC3)nc2c1. The van der Waals surface area contributed by atoms with Crippen LogP contribution in [0.4, 0.5) is 14.9 Å². The van der Waals surface area contributed by atoms with Gasteiger partial charge in [-0.1, -0.05) is 0 Å². The van der Waals surface area contributed by atoms with Crippen LogP contribution in [0.15, 0.2) is 51.8 Å². The first-order chi connectivity index (χ1) is 13.2. The van der Waals surface area contributed by atoms with E-state index in [-0.39, 0.29) is 11.8 Å². The van der Waals surface area contributed by atoms with Crippen LogP contribution in [0.25, 0.3) is 11.1 Å². The molecule has 27 heavy (non-hydrogen) atoms. The van der Waals surface area contributed by atoms with Gasteiger partial charge in [0.1, 0.15) is 11.3 Å². The predicted molar refractivity (Wildman–Crippen MR) is 105 cm³/mol. The van der Waals surface area contributed by atoms with Crippen molar-refractivity contribution in [1.29, 1.82) is 0 Å². The number of amides is 2. The number of hydrogen-bond acceptors (Lipinski definition) is 4. The van der Waals surface area contributed by atoms with E-state index in [2.05, 4.69) is 15.6 Å². The van der Waals surface area contributed by atoms with E-state index in [0.717, 1.165) is 46.9 Å². The van der Waals surface area contributed by atoms with Gasteiger partial charge in [0.15, 0.2) is 11.5 Å². The Hall–Kier alpha value is -2.54. The molecule has 5 nitrogen and oxygen atoms in total. The number of oxazole rings is 1. The molecular formula is C20H20FN3O2S. The third-order valence-electron chi connectivity index (χ3n) is 4.28. The van der Waals surface area contributed by atoms with Crippen molar-refractivity contribution in [2.75, 3.05) is 17.6 Å². The van der Waals surface area contributed by atoms with Crippen LogP contribution < -0.4 is 10.6 Å². The fourth-order valence-corrected chi connectivity index (χ4v) is 3.55. The highest BCUT2D eigenvalue weighted by Gasteiger charge is 2.28. The standard InChI is InChI=1S/C20H20FN3O2S/c21-14-4-7-16(8-5-14)27-11-1-10-22-20(25)23-15-6-9-18-17(12-15)24-19(26-18)13-2-3-13/h4-9,12-13H,1-3,10-11H2,(H2,22,23,25). The van der Waals surface area contributed by atoms with E-state index in [9.17, 15) is 9.18 Å². The number of aromatic nitrogens is 1. The molecule has 1 heterocycles. The number of carbonyl (C=O) groups is 1.